The summed E-state index contributed by atoms with van der Waals surface area (Å²) in [6.07, 6.45) is 0. The molecule has 0 atom stereocenters. The van der Waals surface area contributed by atoms with E-state index < -0.39 is 0 Å². The summed E-state index contributed by atoms with van der Waals surface area (Å²) in [4.78, 5) is 26.1. The highest BCUT2D eigenvalue weighted by Crippen LogP contribution is 2.35. The number of fused-ring (bicyclic) bond motifs is 3. The average Bonchev–Trinajstić information content (AvgIpc) is 2.82. The summed E-state index contributed by atoms with van der Waals surface area (Å²) < 4.78 is 0. The number of hydrogen-bond acceptors (Lipinski definition) is 2. The molecule has 0 bridgehead atoms. The van der Waals surface area contributed by atoms with Crippen molar-refractivity contribution in [1.82, 2.24) is 4.98 Å². The van der Waals surface area contributed by atoms with Crippen molar-refractivity contribution < 1.29 is 9.59 Å². The molecule has 0 unspecified atom stereocenters. The molecule has 2 aromatic carbocycles. The zero-order valence-corrected chi connectivity index (χ0v) is 13.6. The Morgan fingerprint density at radius 3 is 2.35 bits per heavy atom. The molecular weight excluding hydrogens is 290 g/mol. The Morgan fingerprint density at radius 1 is 1.00 bits per heavy atom. The van der Waals surface area contributed by atoms with Crippen LogP contribution in [0.3, 0.4) is 0 Å². The highest BCUT2D eigenvalue weighted by atomic mass is 16.2. The van der Waals surface area contributed by atoms with E-state index >= 15 is 0 Å². The van der Waals surface area contributed by atoms with Crippen LogP contribution in [0.15, 0.2) is 24.3 Å². The predicted octanol–water partition coefficient (Wildman–Crippen LogP) is 3.85. The topological polar surface area (TPSA) is 74.0 Å². The molecule has 0 aliphatic rings. The van der Waals surface area contributed by atoms with Gasteiger partial charge in [0.2, 0.25) is 11.8 Å². The number of amides is 2. The minimum Gasteiger partial charge on any atom is -0.354 e. The van der Waals surface area contributed by atoms with E-state index in [1.165, 1.54) is 13.8 Å². The zero-order valence-electron chi connectivity index (χ0n) is 13.6. The van der Waals surface area contributed by atoms with Gasteiger partial charge in [0.15, 0.2) is 0 Å². The van der Waals surface area contributed by atoms with Crippen molar-refractivity contribution in [2.75, 3.05) is 10.6 Å². The van der Waals surface area contributed by atoms with E-state index in [1.807, 2.05) is 38.1 Å². The number of aromatic amines is 1. The lowest BCUT2D eigenvalue weighted by Gasteiger charge is -2.10. The summed E-state index contributed by atoms with van der Waals surface area (Å²) >= 11 is 0. The number of aromatic nitrogens is 1. The Balaban J connectivity index is 2.31. The highest BCUT2D eigenvalue weighted by Gasteiger charge is 2.14. The normalized spacial score (nSPS) is 11.0. The van der Waals surface area contributed by atoms with Crippen molar-refractivity contribution in [1.29, 1.82) is 0 Å². The fourth-order valence-corrected chi connectivity index (χ4v) is 3.01. The summed E-state index contributed by atoms with van der Waals surface area (Å²) in [5.74, 6) is -0.193. The van der Waals surface area contributed by atoms with Crippen molar-refractivity contribution in [3.63, 3.8) is 0 Å². The molecule has 1 heterocycles. The van der Waals surface area contributed by atoms with Crippen LogP contribution in [0.4, 0.5) is 11.4 Å². The third-order valence-electron chi connectivity index (χ3n) is 3.96. The van der Waals surface area contributed by atoms with E-state index in [2.05, 4.69) is 15.6 Å². The minimum absolute atomic E-state index is 0.0920. The van der Waals surface area contributed by atoms with Crippen LogP contribution in [-0.4, -0.2) is 16.8 Å². The van der Waals surface area contributed by atoms with Gasteiger partial charge < -0.3 is 15.6 Å². The van der Waals surface area contributed by atoms with Gasteiger partial charge in [0, 0.05) is 47.0 Å². The molecule has 0 saturated heterocycles. The Hall–Kier alpha value is -2.82. The highest BCUT2D eigenvalue weighted by molar-refractivity contribution is 6.13. The molecule has 0 aliphatic carbocycles. The lowest BCUT2D eigenvalue weighted by molar-refractivity contribution is -0.115. The SMILES string of the molecule is CC(=O)Nc1ccc2[nH]c3c(C)cc(NC(C)=O)c(C)c3c2c1. The van der Waals surface area contributed by atoms with Gasteiger partial charge in [-0.25, -0.2) is 0 Å². The van der Waals surface area contributed by atoms with Gasteiger partial charge in [-0.1, -0.05) is 0 Å². The van der Waals surface area contributed by atoms with Crippen LogP contribution >= 0.6 is 0 Å². The summed E-state index contributed by atoms with van der Waals surface area (Å²) in [6.45, 7) is 7.00. The number of hydrogen-bond donors (Lipinski definition) is 3. The van der Waals surface area contributed by atoms with Crippen molar-refractivity contribution in [3.05, 3.63) is 35.4 Å². The summed E-state index contributed by atoms with van der Waals surface area (Å²) in [6, 6.07) is 7.76. The largest absolute Gasteiger partial charge is 0.354 e. The molecule has 0 spiro atoms. The van der Waals surface area contributed by atoms with Gasteiger partial charge in [0.25, 0.3) is 0 Å². The summed E-state index contributed by atoms with van der Waals surface area (Å²) in [5.41, 5.74) is 5.69. The van der Waals surface area contributed by atoms with Crippen LogP contribution in [0.2, 0.25) is 0 Å². The first-order chi connectivity index (χ1) is 10.9. The van der Waals surface area contributed by atoms with Crippen LogP contribution in [0.1, 0.15) is 25.0 Å². The van der Waals surface area contributed by atoms with Crippen LogP contribution in [0.25, 0.3) is 21.8 Å². The predicted molar refractivity (Wildman–Crippen MR) is 93.9 cm³/mol. The molecular formula is C18H19N3O2. The molecule has 3 rings (SSSR count). The first kappa shape index (κ1) is 15.1. The third-order valence-corrected chi connectivity index (χ3v) is 3.96. The molecule has 0 aliphatic heterocycles. The number of benzene rings is 2. The molecule has 0 saturated carbocycles. The number of carbonyl (C=O) groups excluding carboxylic acids is 2. The van der Waals surface area contributed by atoms with Gasteiger partial charge >= 0.3 is 0 Å². The molecule has 3 N–H and O–H groups in total. The molecule has 0 radical (unpaired) electrons. The number of anilines is 2. The van der Waals surface area contributed by atoms with Crippen molar-refractivity contribution in [2.24, 2.45) is 0 Å². The lowest BCUT2D eigenvalue weighted by atomic mass is 10.0. The Morgan fingerprint density at radius 2 is 1.70 bits per heavy atom. The molecule has 3 aromatic rings. The average molecular weight is 309 g/mol. The maximum atomic E-state index is 11.4. The van der Waals surface area contributed by atoms with E-state index in [0.717, 1.165) is 44.3 Å². The van der Waals surface area contributed by atoms with Gasteiger partial charge in [0.1, 0.15) is 0 Å². The molecule has 2 amide bonds. The van der Waals surface area contributed by atoms with Crippen molar-refractivity contribution >= 4 is 45.0 Å². The number of nitrogens with one attached hydrogen (secondary N) is 3. The van der Waals surface area contributed by atoms with Crippen molar-refractivity contribution in [2.45, 2.75) is 27.7 Å². The number of carbonyl (C=O) groups is 2. The van der Waals surface area contributed by atoms with Gasteiger partial charge in [-0.05, 0) is 49.2 Å². The second-order valence-corrected chi connectivity index (χ2v) is 5.86. The van der Waals surface area contributed by atoms with E-state index in [-0.39, 0.29) is 11.8 Å². The van der Waals surface area contributed by atoms with Crippen molar-refractivity contribution in [3.8, 4) is 0 Å². The summed E-state index contributed by atoms with van der Waals surface area (Å²) in [5, 5.41) is 7.79. The van der Waals surface area contributed by atoms with E-state index in [9.17, 15) is 9.59 Å². The fraction of sp³-hybridized carbons (Fsp3) is 0.222. The monoisotopic (exact) mass is 309 g/mol. The first-order valence-electron chi connectivity index (χ1n) is 7.47. The Bertz CT molecular complexity index is 954. The van der Waals surface area contributed by atoms with Crippen LogP contribution in [0, 0.1) is 13.8 Å². The second-order valence-electron chi connectivity index (χ2n) is 5.86. The van der Waals surface area contributed by atoms with E-state index in [1.54, 1.807) is 0 Å². The molecule has 118 valence electrons. The van der Waals surface area contributed by atoms with Gasteiger partial charge in [-0.3, -0.25) is 9.59 Å². The van der Waals surface area contributed by atoms with E-state index in [4.69, 9.17) is 0 Å². The Labute approximate surface area is 134 Å². The number of aryl methyl sites for hydroxylation is 2. The third kappa shape index (κ3) is 2.65. The second kappa shape index (κ2) is 5.43. The molecule has 0 fully saturated rings. The minimum atomic E-state index is -0.101. The molecule has 5 nitrogen and oxygen atoms in total. The Kier molecular flexibility index (Phi) is 3.56. The first-order valence-corrected chi connectivity index (χ1v) is 7.47. The van der Waals surface area contributed by atoms with Crippen LogP contribution in [0.5, 0.6) is 0 Å². The van der Waals surface area contributed by atoms with E-state index in [0.29, 0.717) is 0 Å². The maximum absolute atomic E-state index is 11.4. The van der Waals surface area contributed by atoms with Gasteiger partial charge in [-0.15, -0.1) is 0 Å². The molecule has 23 heavy (non-hydrogen) atoms. The standard InChI is InChI=1S/C18H19N3O2/c1-9-7-16(20-12(4)23)10(2)17-14-8-13(19-11(3)22)5-6-15(14)21-18(9)17/h5-8,21H,1-4H3,(H,19,22)(H,20,23). The number of rotatable bonds is 2. The summed E-state index contributed by atoms with van der Waals surface area (Å²) in [7, 11) is 0. The maximum Gasteiger partial charge on any atom is 0.221 e. The molecule has 1 aromatic heterocycles. The quantitative estimate of drug-likeness (QED) is 0.672. The molecule has 5 heteroatoms. The van der Waals surface area contributed by atoms with Gasteiger partial charge in [0.05, 0.1) is 0 Å². The van der Waals surface area contributed by atoms with Crippen LogP contribution < -0.4 is 10.6 Å². The smallest absolute Gasteiger partial charge is 0.221 e. The van der Waals surface area contributed by atoms with Crippen LogP contribution in [-0.2, 0) is 9.59 Å². The van der Waals surface area contributed by atoms with Gasteiger partial charge in [-0.2, -0.15) is 0 Å². The fourth-order valence-electron chi connectivity index (χ4n) is 3.01. The number of H-pyrrole nitrogens is 1. The zero-order chi connectivity index (χ0) is 16.7. The lowest BCUT2D eigenvalue weighted by Crippen LogP contribution is -2.07.